The van der Waals surface area contributed by atoms with Crippen molar-refractivity contribution in [2.24, 2.45) is 0 Å². The summed E-state index contributed by atoms with van der Waals surface area (Å²) in [6, 6.07) is 7.70. The van der Waals surface area contributed by atoms with Crippen molar-refractivity contribution in [1.29, 1.82) is 0 Å². The standard InChI is InChI=1S/C18H23N3O3/c1-6-18(5,17(23)24)19-16(22)15-10-13(4)21(20-15)14-8-11(2)7-12(3)9-14/h7-10H,6H2,1-5H3,(H,19,22)(H,23,24). The Morgan fingerprint density at radius 3 is 2.25 bits per heavy atom. The summed E-state index contributed by atoms with van der Waals surface area (Å²) in [5.74, 6) is -1.56. The number of hydrogen-bond donors (Lipinski definition) is 2. The van der Waals surface area contributed by atoms with Gasteiger partial charge >= 0.3 is 5.97 Å². The van der Waals surface area contributed by atoms with Gasteiger partial charge < -0.3 is 10.4 Å². The topological polar surface area (TPSA) is 84.2 Å². The van der Waals surface area contributed by atoms with Gasteiger partial charge in [0.1, 0.15) is 5.54 Å². The molecule has 0 aliphatic carbocycles. The predicted molar refractivity (Wildman–Crippen MR) is 91.6 cm³/mol. The van der Waals surface area contributed by atoms with Crippen LogP contribution >= 0.6 is 0 Å². The second kappa shape index (κ2) is 6.47. The van der Waals surface area contributed by atoms with Crippen LogP contribution in [0.2, 0.25) is 0 Å². The van der Waals surface area contributed by atoms with E-state index in [1.165, 1.54) is 6.92 Å². The van der Waals surface area contributed by atoms with Crippen LogP contribution < -0.4 is 5.32 Å². The Hall–Kier alpha value is -2.63. The molecule has 1 aromatic carbocycles. The van der Waals surface area contributed by atoms with Crippen molar-refractivity contribution in [2.45, 2.75) is 46.6 Å². The number of nitrogens with zero attached hydrogens (tertiary/aromatic N) is 2. The third-order valence-corrected chi connectivity index (χ3v) is 4.14. The molecule has 0 radical (unpaired) electrons. The van der Waals surface area contributed by atoms with Crippen molar-refractivity contribution in [3.63, 3.8) is 0 Å². The van der Waals surface area contributed by atoms with E-state index in [2.05, 4.69) is 16.5 Å². The molecule has 2 N–H and O–H groups in total. The Morgan fingerprint density at radius 1 is 1.17 bits per heavy atom. The summed E-state index contributed by atoms with van der Waals surface area (Å²) in [6.07, 6.45) is 0.283. The van der Waals surface area contributed by atoms with Crippen LogP contribution in [0, 0.1) is 20.8 Å². The molecule has 1 aromatic heterocycles. The van der Waals surface area contributed by atoms with Gasteiger partial charge in [0.25, 0.3) is 5.91 Å². The van der Waals surface area contributed by atoms with E-state index in [9.17, 15) is 14.7 Å². The minimum atomic E-state index is -1.31. The molecule has 0 saturated heterocycles. The molecule has 1 atom stereocenters. The lowest BCUT2D eigenvalue weighted by Crippen LogP contribution is -2.51. The zero-order chi connectivity index (χ0) is 18.1. The van der Waals surface area contributed by atoms with E-state index in [4.69, 9.17) is 0 Å². The zero-order valence-electron chi connectivity index (χ0n) is 14.7. The maximum atomic E-state index is 12.4. The van der Waals surface area contributed by atoms with Crippen LogP contribution in [0.4, 0.5) is 0 Å². The van der Waals surface area contributed by atoms with Crippen molar-refractivity contribution in [2.75, 3.05) is 0 Å². The maximum Gasteiger partial charge on any atom is 0.329 e. The minimum Gasteiger partial charge on any atom is -0.480 e. The lowest BCUT2D eigenvalue weighted by molar-refractivity contribution is -0.143. The second-order valence-corrected chi connectivity index (χ2v) is 6.37. The molecular weight excluding hydrogens is 306 g/mol. The van der Waals surface area contributed by atoms with Crippen LogP contribution in [0.25, 0.3) is 5.69 Å². The van der Waals surface area contributed by atoms with Gasteiger partial charge in [-0.15, -0.1) is 0 Å². The molecule has 0 fully saturated rings. The molecule has 6 heteroatoms. The lowest BCUT2D eigenvalue weighted by atomic mass is 9.99. The summed E-state index contributed by atoms with van der Waals surface area (Å²) in [4.78, 5) is 23.8. The number of benzene rings is 1. The van der Waals surface area contributed by atoms with Crippen molar-refractivity contribution in [3.8, 4) is 5.69 Å². The van der Waals surface area contributed by atoms with E-state index >= 15 is 0 Å². The summed E-state index contributed by atoms with van der Waals surface area (Å²) >= 11 is 0. The molecule has 2 rings (SSSR count). The van der Waals surface area contributed by atoms with Gasteiger partial charge in [-0.3, -0.25) is 4.79 Å². The van der Waals surface area contributed by atoms with Crippen LogP contribution in [0.5, 0.6) is 0 Å². The number of nitrogens with one attached hydrogen (secondary N) is 1. The summed E-state index contributed by atoms with van der Waals surface area (Å²) in [6.45, 7) is 9.07. The molecule has 0 aliphatic heterocycles. The smallest absolute Gasteiger partial charge is 0.329 e. The normalized spacial score (nSPS) is 13.4. The molecule has 1 unspecified atom stereocenters. The number of aryl methyl sites for hydroxylation is 3. The van der Waals surface area contributed by atoms with Crippen molar-refractivity contribution in [3.05, 3.63) is 46.8 Å². The molecule has 24 heavy (non-hydrogen) atoms. The van der Waals surface area contributed by atoms with Crippen LogP contribution in [-0.2, 0) is 4.79 Å². The Kier molecular flexibility index (Phi) is 4.78. The SMILES string of the molecule is CCC(C)(NC(=O)c1cc(C)n(-c2cc(C)cc(C)c2)n1)C(=O)O. The zero-order valence-corrected chi connectivity index (χ0v) is 14.7. The first-order valence-corrected chi connectivity index (χ1v) is 7.87. The number of amides is 1. The molecule has 0 saturated carbocycles. The number of carboxylic acids is 1. The predicted octanol–water partition coefficient (Wildman–Crippen LogP) is 2.78. The highest BCUT2D eigenvalue weighted by Gasteiger charge is 2.33. The van der Waals surface area contributed by atoms with Crippen LogP contribution in [0.3, 0.4) is 0 Å². The molecule has 6 nitrogen and oxygen atoms in total. The Bertz CT molecular complexity index is 775. The minimum absolute atomic E-state index is 0.201. The third kappa shape index (κ3) is 3.48. The van der Waals surface area contributed by atoms with E-state index < -0.39 is 17.4 Å². The number of aromatic nitrogens is 2. The van der Waals surface area contributed by atoms with E-state index in [-0.39, 0.29) is 12.1 Å². The van der Waals surface area contributed by atoms with Crippen molar-refractivity contribution in [1.82, 2.24) is 15.1 Å². The van der Waals surface area contributed by atoms with E-state index in [0.717, 1.165) is 22.5 Å². The van der Waals surface area contributed by atoms with E-state index in [0.29, 0.717) is 0 Å². The van der Waals surface area contributed by atoms with Gasteiger partial charge in [0, 0.05) is 5.69 Å². The first-order valence-electron chi connectivity index (χ1n) is 7.87. The number of carbonyl (C=O) groups excluding carboxylic acids is 1. The van der Waals surface area contributed by atoms with Gasteiger partial charge in [-0.25, -0.2) is 9.48 Å². The molecule has 0 bridgehead atoms. The monoisotopic (exact) mass is 329 g/mol. The Labute approximate surface area is 141 Å². The fourth-order valence-corrected chi connectivity index (χ4v) is 2.53. The highest BCUT2D eigenvalue weighted by Crippen LogP contribution is 2.17. The number of rotatable bonds is 5. The van der Waals surface area contributed by atoms with Gasteiger partial charge in [-0.2, -0.15) is 5.10 Å². The van der Waals surface area contributed by atoms with Gasteiger partial charge in [-0.05, 0) is 63.4 Å². The van der Waals surface area contributed by atoms with Crippen molar-refractivity contribution >= 4 is 11.9 Å². The summed E-state index contributed by atoms with van der Waals surface area (Å²) in [5.41, 5.74) is 2.78. The number of aliphatic carboxylic acids is 1. The van der Waals surface area contributed by atoms with Gasteiger partial charge in [0.05, 0.1) is 5.69 Å². The average molecular weight is 329 g/mol. The Morgan fingerprint density at radius 2 is 1.75 bits per heavy atom. The lowest BCUT2D eigenvalue weighted by Gasteiger charge is -2.23. The quantitative estimate of drug-likeness (QED) is 0.883. The molecule has 2 aromatic rings. The average Bonchev–Trinajstić information content (AvgIpc) is 2.88. The first kappa shape index (κ1) is 17.7. The van der Waals surface area contributed by atoms with Gasteiger partial charge in [0.15, 0.2) is 5.69 Å². The van der Waals surface area contributed by atoms with E-state index in [1.54, 1.807) is 17.7 Å². The first-order chi connectivity index (χ1) is 11.2. The number of hydrogen-bond acceptors (Lipinski definition) is 3. The van der Waals surface area contributed by atoms with Crippen LogP contribution in [0.15, 0.2) is 24.3 Å². The molecular formula is C18H23N3O3. The molecule has 1 heterocycles. The number of carboxylic acid groups (broad SMARTS) is 1. The van der Waals surface area contributed by atoms with Crippen LogP contribution in [-0.4, -0.2) is 32.3 Å². The fourth-order valence-electron chi connectivity index (χ4n) is 2.53. The summed E-state index contributed by atoms with van der Waals surface area (Å²) < 4.78 is 1.69. The molecule has 1 amide bonds. The third-order valence-electron chi connectivity index (χ3n) is 4.14. The molecule has 128 valence electrons. The maximum absolute atomic E-state index is 12.4. The van der Waals surface area contributed by atoms with Crippen molar-refractivity contribution < 1.29 is 14.7 Å². The van der Waals surface area contributed by atoms with Gasteiger partial charge in [0.2, 0.25) is 0 Å². The van der Waals surface area contributed by atoms with E-state index in [1.807, 2.05) is 32.9 Å². The van der Waals surface area contributed by atoms with Gasteiger partial charge in [-0.1, -0.05) is 13.0 Å². The molecule has 0 spiro atoms. The summed E-state index contributed by atoms with van der Waals surface area (Å²) in [5, 5.41) is 16.2. The highest BCUT2D eigenvalue weighted by atomic mass is 16.4. The number of carbonyl (C=O) groups is 2. The molecule has 0 aliphatic rings. The summed E-state index contributed by atoms with van der Waals surface area (Å²) in [7, 11) is 0. The fraction of sp³-hybridized carbons (Fsp3) is 0.389. The second-order valence-electron chi connectivity index (χ2n) is 6.37. The van der Waals surface area contributed by atoms with Crippen LogP contribution in [0.1, 0.15) is 47.6 Å². The highest BCUT2D eigenvalue weighted by molar-refractivity contribution is 5.96. The Balaban J connectivity index is 2.34. The largest absolute Gasteiger partial charge is 0.480 e.